The van der Waals surface area contributed by atoms with Crippen molar-refractivity contribution < 1.29 is 4.74 Å². The number of rotatable bonds is 10. The molecule has 3 aliphatic rings. The van der Waals surface area contributed by atoms with Crippen molar-refractivity contribution in [2.24, 2.45) is 5.41 Å². The second-order valence-electron chi connectivity index (χ2n) is 10.6. The van der Waals surface area contributed by atoms with E-state index in [1.165, 1.54) is 51.4 Å². The van der Waals surface area contributed by atoms with Crippen LogP contribution in [-0.4, -0.2) is 6.61 Å². The first-order valence-corrected chi connectivity index (χ1v) is 13.3. The Balaban J connectivity index is 1.56. The van der Waals surface area contributed by atoms with E-state index >= 15 is 0 Å². The third-order valence-electron chi connectivity index (χ3n) is 8.61. The fraction of sp³-hybridized carbons (Fsp3) is 0.548. The molecule has 0 N–H and O–H groups in total. The Morgan fingerprint density at radius 1 is 0.765 bits per heavy atom. The van der Waals surface area contributed by atoms with Crippen molar-refractivity contribution in [3.8, 4) is 29.0 Å². The van der Waals surface area contributed by atoms with Gasteiger partial charge in [-0.1, -0.05) is 63.8 Å². The van der Waals surface area contributed by atoms with E-state index in [1.807, 2.05) is 24.3 Å². The molecule has 0 radical (unpaired) electrons. The molecule has 0 saturated heterocycles. The highest BCUT2D eigenvalue weighted by atomic mass is 16.5. The number of unbranched alkanes of at least 4 members (excludes halogenated alkanes) is 3. The van der Waals surface area contributed by atoms with Crippen LogP contribution in [0.1, 0.15) is 108 Å². The van der Waals surface area contributed by atoms with Crippen molar-refractivity contribution in [2.75, 3.05) is 6.61 Å². The molecule has 2 aromatic carbocycles. The van der Waals surface area contributed by atoms with Crippen LogP contribution in [0.5, 0.6) is 5.75 Å². The molecule has 0 atom stereocenters. The van der Waals surface area contributed by atoms with Crippen LogP contribution >= 0.6 is 0 Å². The number of ether oxygens (including phenoxy) is 1. The molecule has 34 heavy (non-hydrogen) atoms. The van der Waals surface area contributed by atoms with Crippen LogP contribution in [0.15, 0.2) is 36.4 Å². The predicted molar refractivity (Wildman–Crippen MR) is 138 cm³/mol. The van der Waals surface area contributed by atoms with Crippen molar-refractivity contribution >= 4 is 0 Å². The second kappa shape index (κ2) is 10.7. The van der Waals surface area contributed by atoms with E-state index in [-0.39, 0.29) is 5.41 Å². The SMILES string of the molecule is CCCCCCOc1ccc(-c2ccc(C34CCC(CCC)(CC3)CC4)c(C#N)c2C#N)cc1. The number of nitriles is 2. The molecule has 0 heterocycles. The molecule has 0 spiro atoms. The summed E-state index contributed by atoms with van der Waals surface area (Å²) in [5.74, 6) is 0.856. The molecule has 3 fully saturated rings. The Morgan fingerprint density at radius 3 is 2.03 bits per heavy atom. The fourth-order valence-electron chi connectivity index (χ4n) is 6.54. The summed E-state index contributed by atoms with van der Waals surface area (Å²) in [7, 11) is 0. The number of nitrogens with zero attached hydrogens (tertiary/aromatic N) is 2. The molecule has 178 valence electrons. The summed E-state index contributed by atoms with van der Waals surface area (Å²) in [6.45, 7) is 5.24. The second-order valence-corrected chi connectivity index (χ2v) is 10.6. The molecule has 3 aliphatic carbocycles. The van der Waals surface area contributed by atoms with Gasteiger partial charge in [-0.2, -0.15) is 10.5 Å². The van der Waals surface area contributed by atoms with Crippen LogP contribution in [0.4, 0.5) is 0 Å². The number of benzene rings is 2. The molecular weight excluding hydrogens is 416 g/mol. The highest BCUT2D eigenvalue weighted by Gasteiger charge is 2.49. The molecule has 0 amide bonds. The minimum absolute atomic E-state index is 0.0696. The topological polar surface area (TPSA) is 56.8 Å². The summed E-state index contributed by atoms with van der Waals surface area (Å²) >= 11 is 0. The lowest BCUT2D eigenvalue weighted by Crippen LogP contribution is -2.44. The first-order chi connectivity index (χ1) is 16.6. The van der Waals surface area contributed by atoms with Crippen molar-refractivity contribution in [1.82, 2.24) is 0 Å². The van der Waals surface area contributed by atoms with Crippen LogP contribution in [0.25, 0.3) is 11.1 Å². The lowest BCUT2D eigenvalue weighted by Gasteiger charge is -2.54. The van der Waals surface area contributed by atoms with Crippen LogP contribution < -0.4 is 4.74 Å². The van der Waals surface area contributed by atoms with Gasteiger partial charge in [0.2, 0.25) is 0 Å². The maximum atomic E-state index is 10.2. The number of hydrogen-bond donors (Lipinski definition) is 0. The lowest BCUT2D eigenvalue weighted by atomic mass is 9.50. The quantitative estimate of drug-likeness (QED) is 0.338. The van der Waals surface area contributed by atoms with Crippen LogP contribution in [0.2, 0.25) is 0 Å². The van der Waals surface area contributed by atoms with Crippen molar-refractivity contribution in [3.05, 3.63) is 53.1 Å². The van der Waals surface area contributed by atoms with Crippen molar-refractivity contribution in [3.63, 3.8) is 0 Å². The number of hydrogen-bond acceptors (Lipinski definition) is 3. The normalized spacial score (nSPS) is 23.3. The van der Waals surface area contributed by atoms with Gasteiger partial charge in [0.15, 0.2) is 0 Å². The third kappa shape index (κ3) is 4.72. The minimum atomic E-state index is 0.0696. The first-order valence-electron chi connectivity index (χ1n) is 13.3. The van der Waals surface area contributed by atoms with E-state index in [0.29, 0.717) is 16.5 Å². The van der Waals surface area contributed by atoms with Crippen molar-refractivity contribution in [2.45, 2.75) is 96.3 Å². The molecule has 0 aliphatic heterocycles. The van der Waals surface area contributed by atoms with Crippen LogP contribution in [0.3, 0.4) is 0 Å². The summed E-state index contributed by atoms with van der Waals surface area (Å²) < 4.78 is 5.88. The van der Waals surface area contributed by atoms with Gasteiger partial charge < -0.3 is 4.74 Å². The average Bonchev–Trinajstić information content (AvgIpc) is 2.89. The predicted octanol–water partition coefficient (Wildman–Crippen LogP) is 8.45. The summed E-state index contributed by atoms with van der Waals surface area (Å²) in [4.78, 5) is 0. The standard InChI is InChI=1S/C31H38N2O/c1-3-5-6-7-21-34-25-10-8-24(9-11-25)26-12-13-29(28(23-33)27(26)22-32)31-18-15-30(14-4-2,16-19-31)17-20-31/h8-13H,3-7,14-21H2,1-2H3. The van der Waals surface area contributed by atoms with E-state index in [0.717, 1.165) is 54.7 Å². The summed E-state index contributed by atoms with van der Waals surface area (Å²) in [6, 6.07) is 17.0. The molecule has 3 heteroatoms. The Morgan fingerprint density at radius 2 is 1.44 bits per heavy atom. The van der Waals surface area contributed by atoms with Crippen LogP contribution in [0, 0.1) is 28.1 Å². The van der Waals surface area contributed by atoms with Gasteiger partial charge in [0, 0.05) is 5.56 Å². The third-order valence-corrected chi connectivity index (χ3v) is 8.61. The van der Waals surface area contributed by atoms with Gasteiger partial charge >= 0.3 is 0 Å². The summed E-state index contributed by atoms with van der Waals surface area (Å²) in [5.41, 5.74) is 4.65. The highest BCUT2D eigenvalue weighted by molar-refractivity contribution is 5.75. The molecule has 0 unspecified atom stereocenters. The van der Waals surface area contributed by atoms with Gasteiger partial charge in [0.25, 0.3) is 0 Å². The smallest absolute Gasteiger partial charge is 0.119 e. The van der Waals surface area contributed by atoms with E-state index in [2.05, 4.69) is 38.1 Å². The molecule has 2 bridgehead atoms. The fourth-order valence-corrected chi connectivity index (χ4v) is 6.54. The van der Waals surface area contributed by atoms with Gasteiger partial charge in [-0.3, -0.25) is 0 Å². The zero-order valence-corrected chi connectivity index (χ0v) is 21.0. The van der Waals surface area contributed by atoms with E-state index in [9.17, 15) is 10.5 Å². The highest BCUT2D eigenvalue weighted by Crippen LogP contribution is 2.60. The van der Waals surface area contributed by atoms with Gasteiger partial charge in [-0.05, 0) is 85.5 Å². The Kier molecular flexibility index (Phi) is 7.63. The average molecular weight is 455 g/mol. The zero-order valence-electron chi connectivity index (χ0n) is 21.0. The Bertz CT molecular complexity index is 1050. The largest absolute Gasteiger partial charge is 0.494 e. The van der Waals surface area contributed by atoms with Gasteiger partial charge in [-0.25, -0.2) is 0 Å². The summed E-state index contributed by atoms with van der Waals surface area (Å²) in [6.07, 6.45) is 14.5. The Labute approximate surface area is 205 Å². The minimum Gasteiger partial charge on any atom is -0.494 e. The molecule has 3 saturated carbocycles. The number of fused-ring (bicyclic) bond motifs is 3. The summed E-state index contributed by atoms with van der Waals surface area (Å²) in [5, 5.41) is 20.3. The van der Waals surface area contributed by atoms with Gasteiger partial charge in [0.05, 0.1) is 17.7 Å². The lowest BCUT2D eigenvalue weighted by molar-refractivity contribution is 0.0319. The molecule has 5 rings (SSSR count). The van der Waals surface area contributed by atoms with E-state index in [1.54, 1.807) is 0 Å². The van der Waals surface area contributed by atoms with Crippen molar-refractivity contribution in [1.29, 1.82) is 10.5 Å². The first kappa shape index (κ1) is 24.3. The van der Waals surface area contributed by atoms with Gasteiger partial charge in [-0.15, -0.1) is 0 Å². The molecule has 0 aromatic heterocycles. The van der Waals surface area contributed by atoms with Crippen LogP contribution in [-0.2, 0) is 5.41 Å². The molecular formula is C31H38N2O. The Hall–Kier alpha value is -2.78. The van der Waals surface area contributed by atoms with E-state index in [4.69, 9.17) is 4.74 Å². The van der Waals surface area contributed by atoms with Gasteiger partial charge in [0.1, 0.15) is 17.9 Å². The maximum absolute atomic E-state index is 10.2. The molecule has 3 nitrogen and oxygen atoms in total. The zero-order chi connectivity index (χ0) is 24.0. The van der Waals surface area contributed by atoms with E-state index < -0.39 is 0 Å². The monoisotopic (exact) mass is 454 g/mol. The maximum Gasteiger partial charge on any atom is 0.119 e. The molecule has 2 aromatic rings.